The zero-order chi connectivity index (χ0) is 13.4. The van der Waals surface area contributed by atoms with E-state index in [0.717, 1.165) is 29.0 Å². The van der Waals surface area contributed by atoms with Crippen LogP contribution < -0.4 is 0 Å². The fraction of sp³-hybridized carbons (Fsp3) is 0.0833. The molecule has 0 spiro atoms. The number of carbonyl (C=O) groups is 1. The van der Waals surface area contributed by atoms with Gasteiger partial charge in [-0.3, -0.25) is 4.79 Å². The van der Waals surface area contributed by atoms with Crippen LogP contribution in [0.5, 0.6) is 0 Å². The Hall–Kier alpha value is -0.970. The Labute approximate surface area is 116 Å². The van der Waals surface area contributed by atoms with E-state index in [1.165, 1.54) is 0 Å². The van der Waals surface area contributed by atoms with Gasteiger partial charge in [-0.25, -0.2) is 8.78 Å². The Morgan fingerprint density at radius 1 is 1.22 bits per heavy atom. The molecule has 0 aliphatic heterocycles. The lowest BCUT2D eigenvalue weighted by molar-refractivity contribution is 0.104. The van der Waals surface area contributed by atoms with Gasteiger partial charge in [0.05, 0.1) is 14.9 Å². The second-order valence-corrected chi connectivity index (χ2v) is 5.30. The number of carbonyl (C=O) groups excluding carboxylic acids is 1. The van der Waals surface area contributed by atoms with Crippen molar-refractivity contribution < 1.29 is 13.6 Å². The van der Waals surface area contributed by atoms with Gasteiger partial charge in [0.1, 0.15) is 0 Å². The lowest BCUT2D eigenvalue weighted by Gasteiger charge is -2.03. The van der Waals surface area contributed by atoms with Crippen LogP contribution in [0.2, 0.25) is 10.0 Å². The predicted octanol–water partition coefficient (Wildman–Crippen LogP) is 4.87. The number of halogens is 4. The highest BCUT2D eigenvalue weighted by Gasteiger charge is 2.21. The number of thiophene rings is 1. The fourth-order valence-electron chi connectivity index (χ4n) is 1.40. The standard InChI is InChI=1S/C12H6Cl2F2OS/c1-5-4-18-12(10(5)14)11(17)6-2-8(15)9(16)3-7(6)13/h2-4H,1H3. The van der Waals surface area contributed by atoms with Gasteiger partial charge in [-0.05, 0) is 30.0 Å². The van der Waals surface area contributed by atoms with E-state index in [1.807, 2.05) is 0 Å². The third-order valence-electron chi connectivity index (χ3n) is 2.36. The molecule has 1 nitrogen and oxygen atoms in total. The van der Waals surface area contributed by atoms with Gasteiger partial charge in [0, 0.05) is 5.56 Å². The van der Waals surface area contributed by atoms with Crippen molar-refractivity contribution in [3.8, 4) is 0 Å². The molecule has 18 heavy (non-hydrogen) atoms. The summed E-state index contributed by atoms with van der Waals surface area (Å²) in [5.41, 5.74) is 0.656. The summed E-state index contributed by atoms with van der Waals surface area (Å²) in [6.45, 7) is 1.75. The molecule has 0 saturated carbocycles. The van der Waals surface area contributed by atoms with E-state index in [9.17, 15) is 13.6 Å². The lowest BCUT2D eigenvalue weighted by atomic mass is 10.1. The van der Waals surface area contributed by atoms with E-state index in [4.69, 9.17) is 23.2 Å². The normalized spacial score (nSPS) is 10.7. The topological polar surface area (TPSA) is 17.1 Å². The maximum Gasteiger partial charge on any atom is 0.206 e. The highest BCUT2D eigenvalue weighted by atomic mass is 35.5. The quantitative estimate of drug-likeness (QED) is 0.571. The third-order valence-corrected chi connectivity index (χ3v) is 4.37. The van der Waals surface area contributed by atoms with Crippen molar-refractivity contribution in [2.24, 2.45) is 0 Å². The van der Waals surface area contributed by atoms with Crippen molar-refractivity contribution in [3.63, 3.8) is 0 Å². The minimum Gasteiger partial charge on any atom is -0.288 e. The van der Waals surface area contributed by atoms with E-state index in [2.05, 4.69) is 0 Å². The molecule has 94 valence electrons. The minimum atomic E-state index is -1.12. The van der Waals surface area contributed by atoms with Crippen LogP contribution in [0.15, 0.2) is 17.5 Å². The minimum absolute atomic E-state index is 0.0979. The van der Waals surface area contributed by atoms with Gasteiger partial charge < -0.3 is 0 Å². The van der Waals surface area contributed by atoms with Crippen LogP contribution in [0.25, 0.3) is 0 Å². The number of rotatable bonds is 2. The molecule has 0 unspecified atom stereocenters. The average molecular weight is 307 g/mol. The molecule has 0 radical (unpaired) electrons. The van der Waals surface area contributed by atoms with E-state index in [1.54, 1.807) is 12.3 Å². The van der Waals surface area contributed by atoms with E-state index < -0.39 is 17.4 Å². The summed E-state index contributed by atoms with van der Waals surface area (Å²) >= 11 is 12.8. The Kier molecular flexibility index (Phi) is 3.71. The van der Waals surface area contributed by atoms with Crippen LogP contribution >= 0.6 is 34.5 Å². The van der Waals surface area contributed by atoms with Crippen LogP contribution in [-0.4, -0.2) is 5.78 Å². The first kappa shape index (κ1) is 13.5. The van der Waals surface area contributed by atoms with Crippen LogP contribution in [0.3, 0.4) is 0 Å². The maximum atomic E-state index is 13.1. The summed E-state index contributed by atoms with van der Waals surface area (Å²) in [6.07, 6.45) is 0. The Morgan fingerprint density at radius 2 is 1.83 bits per heavy atom. The van der Waals surface area contributed by atoms with Crippen molar-refractivity contribution in [1.29, 1.82) is 0 Å². The van der Waals surface area contributed by atoms with Crippen LogP contribution in [0.1, 0.15) is 20.8 Å². The molecule has 0 N–H and O–H groups in total. The molecule has 0 bridgehead atoms. The van der Waals surface area contributed by atoms with Gasteiger partial charge in [-0.2, -0.15) is 0 Å². The summed E-state index contributed by atoms with van der Waals surface area (Å²) in [5, 5.41) is 1.88. The summed E-state index contributed by atoms with van der Waals surface area (Å²) in [6, 6.07) is 1.56. The van der Waals surface area contributed by atoms with Crippen molar-refractivity contribution in [1.82, 2.24) is 0 Å². The number of ketones is 1. The molecule has 0 saturated heterocycles. The molecule has 0 atom stereocenters. The van der Waals surface area contributed by atoms with Crippen molar-refractivity contribution in [3.05, 3.63) is 55.2 Å². The van der Waals surface area contributed by atoms with Crippen molar-refractivity contribution in [2.75, 3.05) is 0 Å². The molecule has 0 amide bonds. The molecule has 6 heteroatoms. The van der Waals surface area contributed by atoms with Crippen molar-refractivity contribution in [2.45, 2.75) is 6.92 Å². The molecule has 1 aromatic carbocycles. The first-order valence-electron chi connectivity index (χ1n) is 4.84. The lowest BCUT2D eigenvalue weighted by Crippen LogP contribution is -2.02. The second kappa shape index (κ2) is 4.96. The van der Waals surface area contributed by atoms with Crippen LogP contribution in [-0.2, 0) is 0 Å². The molecule has 2 rings (SSSR count). The molecule has 0 aliphatic carbocycles. The fourth-order valence-corrected chi connectivity index (χ4v) is 2.87. The zero-order valence-corrected chi connectivity index (χ0v) is 11.4. The number of aryl methyl sites for hydroxylation is 1. The monoisotopic (exact) mass is 306 g/mol. The maximum absolute atomic E-state index is 13.1. The molecule has 0 fully saturated rings. The largest absolute Gasteiger partial charge is 0.288 e. The Balaban J connectivity index is 2.53. The highest BCUT2D eigenvalue weighted by molar-refractivity contribution is 7.13. The van der Waals surface area contributed by atoms with Gasteiger partial charge in [-0.1, -0.05) is 23.2 Å². The average Bonchev–Trinajstić information content (AvgIpc) is 2.64. The summed E-state index contributed by atoms with van der Waals surface area (Å²) < 4.78 is 26.0. The summed E-state index contributed by atoms with van der Waals surface area (Å²) in [5.74, 6) is -2.72. The molecule has 2 aromatic rings. The highest BCUT2D eigenvalue weighted by Crippen LogP contribution is 2.31. The smallest absolute Gasteiger partial charge is 0.206 e. The zero-order valence-electron chi connectivity index (χ0n) is 9.06. The number of hydrogen-bond acceptors (Lipinski definition) is 2. The molecule has 1 aromatic heterocycles. The first-order chi connectivity index (χ1) is 8.41. The summed E-state index contributed by atoms with van der Waals surface area (Å²) in [7, 11) is 0. The first-order valence-corrected chi connectivity index (χ1v) is 6.48. The Morgan fingerprint density at radius 3 is 2.39 bits per heavy atom. The van der Waals surface area contributed by atoms with Gasteiger partial charge in [0.15, 0.2) is 11.6 Å². The summed E-state index contributed by atoms with van der Waals surface area (Å²) in [4.78, 5) is 12.4. The van der Waals surface area contributed by atoms with Crippen LogP contribution in [0, 0.1) is 18.6 Å². The third kappa shape index (κ3) is 2.28. The van der Waals surface area contributed by atoms with E-state index in [-0.39, 0.29) is 15.5 Å². The van der Waals surface area contributed by atoms with Gasteiger partial charge in [0.25, 0.3) is 0 Å². The number of benzene rings is 1. The number of hydrogen-bond donors (Lipinski definition) is 0. The molecule has 1 heterocycles. The molecular weight excluding hydrogens is 301 g/mol. The molecular formula is C12H6Cl2F2OS. The second-order valence-electron chi connectivity index (χ2n) is 3.64. The predicted molar refractivity (Wildman–Crippen MR) is 68.9 cm³/mol. The van der Waals surface area contributed by atoms with E-state index >= 15 is 0 Å². The Bertz CT molecular complexity index is 637. The van der Waals surface area contributed by atoms with Crippen LogP contribution in [0.4, 0.5) is 8.78 Å². The van der Waals surface area contributed by atoms with Gasteiger partial charge in [0.2, 0.25) is 5.78 Å². The van der Waals surface area contributed by atoms with Crippen molar-refractivity contribution >= 4 is 40.3 Å². The molecule has 0 aliphatic rings. The van der Waals surface area contributed by atoms with Gasteiger partial charge >= 0.3 is 0 Å². The van der Waals surface area contributed by atoms with Gasteiger partial charge in [-0.15, -0.1) is 11.3 Å². The SMILES string of the molecule is Cc1csc(C(=O)c2cc(F)c(F)cc2Cl)c1Cl. The van der Waals surface area contributed by atoms with E-state index in [0.29, 0.717) is 5.02 Å².